The fourth-order valence-electron chi connectivity index (χ4n) is 1.97. The smallest absolute Gasteiger partial charge is 0.146 e. The third kappa shape index (κ3) is 2.88. The van der Waals surface area contributed by atoms with Gasteiger partial charge >= 0.3 is 0 Å². The Balaban J connectivity index is 2.49. The average Bonchev–Trinajstić information content (AvgIpc) is 2.46. The van der Waals surface area contributed by atoms with E-state index in [0.717, 1.165) is 0 Å². The van der Waals surface area contributed by atoms with Crippen LogP contribution < -0.4 is 10.1 Å². The minimum Gasteiger partial charge on any atom is -0.495 e. The maximum Gasteiger partial charge on any atom is 0.146 e. The number of aromatic nitrogens is 2. The molecule has 1 N–H and O–H groups in total. The van der Waals surface area contributed by atoms with Crippen molar-refractivity contribution >= 4 is 0 Å². The molecule has 0 bridgehead atoms. The van der Waals surface area contributed by atoms with Crippen LogP contribution in [0.2, 0.25) is 0 Å². The Morgan fingerprint density at radius 3 is 2.89 bits per heavy atom. The maximum atomic E-state index is 13.9. The molecule has 0 fully saturated rings. The summed E-state index contributed by atoms with van der Waals surface area (Å²) in [7, 11) is 1.58. The van der Waals surface area contributed by atoms with E-state index < -0.39 is 0 Å². The van der Waals surface area contributed by atoms with Crippen LogP contribution in [0.25, 0.3) is 0 Å². The summed E-state index contributed by atoms with van der Waals surface area (Å²) in [6, 6.07) is 4.89. The van der Waals surface area contributed by atoms with Gasteiger partial charge in [-0.25, -0.2) is 4.39 Å². The zero-order chi connectivity index (χ0) is 13.7. The fraction of sp³-hybridized carbons (Fsp3) is 0.286. The first kappa shape index (κ1) is 13.4. The highest BCUT2D eigenvalue weighted by Crippen LogP contribution is 2.28. The van der Waals surface area contributed by atoms with E-state index in [4.69, 9.17) is 4.74 Å². The Bertz CT molecular complexity index is 548. The van der Waals surface area contributed by atoms with Crippen LogP contribution >= 0.6 is 0 Å². The second-order valence-electron chi connectivity index (χ2n) is 3.98. The second kappa shape index (κ2) is 6.24. The molecule has 2 aromatic rings. The Morgan fingerprint density at radius 1 is 1.37 bits per heavy atom. The van der Waals surface area contributed by atoms with Gasteiger partial charge in [-0.3, -0.25) is 9.97 Å². The molecule has 0 aliphatic heterocycles. The summed E-state index contributed by atoms with van der Waals surface area (Å²) in [6.07, 6.45) is 4.44. The van der Waals surface area contributed by atoms with E-state index in [-0.39, 0.29) is 11.9 Å². The molecule has 2 heterocycles. The Morgan fingerprint density at radius 2 is 2.21 bits per heavy atom. The highest BCUT2D eigenvalue weighted by atomic mass is 19.1. The van der Waals surface area contributed by atoms with E-state index in [1.807, 2.05) is 13.0 Å². The van der Waals surface area contributed by atoms with Crippen LogP contribution in [0.4, 0.5) is 4.39 Å². The van der Waals surface area contributed by atoms with E-state index in [2.05, 4.69) is 15.3 Å². The van der Waals surface area contributed by atoms with Crippen LogP contribution in [0.15, 0.2) is 36.8 Å². The molecule has 5 heteroatoms. The molecular formula is C14H16FN3O. The number of nitrogens with one attached hydrogen (secondary N) is 1. The molecule has 2 aromatic heterocycles. The largest absolute Gasteiger partial charge is 0.495 e. The lowest BCUT2D eigenvalue weighted by Crippen LogP contribution is -2.24. The van der Waals surface area contributed by atoms with E-state index in [1.165, 1.54) is 6.20 Å². The van der Waals surface area contributed by atoms with Crippen LogP contribution in [0.3, 0.4) is 0 Å². The van der Waals surface area contributed by atoms with Crippen molar-refractivity contribution in [1.29, 1.82) is 0 Å². The molecule has 19 heavy (non-hydrogen) atoms. The monoisotopic (exact) mass is 261 g/mol. The minimum absolute atomic E-state index is 0.357. The summed E-state index contributed by atoms with van der Waals surface area (Å²) in [5.74, 6) is 0.269. The summed E-state index contributed by atoms with van der Waals surface area (Å²) in [5.41, 5.74) is 1.17. The first-order valence-electron chi connectivity index (χ1n) is 6.09. The topological polar surface area (TPSA) is 47.0 Å². The van der Waals surface area contributed by atoms with Gasteiger partial charge in [0.2, 0.25) is 0 Å². The summed E-state index contributed by atoms with van der Waals surface area (Å²) in [4.78, 5) is 8.08. The second-order valence-corrected chi connectivity index (χ2v) is 3.98. The van der Waals surface area contributed by atoms with Gasteiger partial charge in [0.1, 0.15) is 17.3 Å². The minimum atomic E-state index is -0.360. The highest BCUT2D eigenvalue weighted by molar-refractivity contribution is 5.36. The lowest BCUT2D eigenvalue weighted by Gasteiger charge is -2.20. The first-order valence-corrected chi connectivity index (χ1v) is 6.09. The molecule has 0 spiro atoms. The van der Waals surface area contributed by atoms with Crippen molar-refractivity contribution in [2.45, 2.75) is 13.0 Å². The SMILES string of the molecule is CCNC(c1ccncc1F)c1ncccc1OC. The number of hydrogen-bond donors (Lipinski definition) is 1. The number of halogens is 1. The van der Waals surface area contributed by atoms with Crippen LogP contribution in [-0.2, 0) is 0 Å². The van der Waals surface area contributed by atoms with Crippen LogP contribution in [0.5, 0.6) is 5.75 Å². The van der Waals surface area contributed by atoms with Crippen molar-refractivity contribution in [2.75, 3.05) is 13.7 Å². The molecule has 1 unspecified atom stereocenters. The van der Waals surface area contributed by atoms with E-state index in [9.17, 15) is 4.39 Å². The number of hydrogen-bond acceptors (Lipinski definition) is 4. The van der Waals surface area contributed by atoms with Crippen LogP contribution in [0.1, 0.15) is 24.2 Å². The van der Waals surface area contributed by atoms with Gasteiger partial charge in [-0.15, -0.1) is 0 Å². The number of pyridine rings is 2. The zero-order valence-electron chi connectivity index (χ0n) is 10.9. The molecule has 2 rings (SSSR count). The van der Waals surface area contributed by atoms with Gasteiger partial charge in [0, 0.05) is 18.0 Å². The molecule has 0 aliphatic carbocycles. The predicted molar refractivity (Wildman–Crippen MR) is 70.5 cm³/mol. The van der Waals surface area contributed by atoms with Gasteiger partial charge < -0.3 is 10.1 Å². The van der Waals surface area contributed by atoms with E-state index in [0.29, 0.717) is 23.6 Å². The molecule has 0 aromatic carbocycles. The molecule has 1 atom stereocenters. The number of ether oxygens (including phenoxy) is 1. The number of methoxy groups -OCH3 is 1. The number of nitrogens with zero attached hydrogens (tertiary/aromatic N) is 2. The Kier molecular flexibility index (Phi) is 4.41. The molecule has 0 amide bonds. The van der Waals surface area contributed by atoms with Crippen molar-refractivity contribution in [3.8, 4) is 5.75 Å². The quantitative estimate of drug-likeness (QED) is 0.897. The zero-order valence-corrected chi connectivity index (χ0v) is 10.9. The van der Waals surface area contributed by atoms with Gasteiger partial charge in [0.05, 0.1) is 19.3 Å². The van der Waals surface area contributed by atoms with E-state index >= 15 is 0 Å². The summed E-state index contributed by atoms with van der Waals surface area (Å²) >= 11 is 0. The Labute approximate surface area is 111 Å². The van der Waals surface area contributed by atoms with Crippen molar-refractivity contribution < 1.29 is 9.13 Å². The molecular weight excluding hydrogens is 245 g/mol. The average molecular weight is 261 g/mol. The van der Waals surface area contributed by atoms with E-state index in [1.54, 1.807) is 31.6 Å². The predicted octanol–water partition coefficient (Wildman–Crippen LogP) is 2.32. The third-order valence-electron chi connectivity index (χ3n) is 2.82. The molecule has 100 valence electrons. The van der Waals surface area contributed by atoms with Gasteiger partial charge in [-0.1, -0.05) is 6.92 Å². The van der Waals surface area contributed by atoms with Crippen molar-refractivity contribution in [1.82, 2.24) is 15.3 Å². The Hall–Kier alpha value is -2.01. The lowest BCUT2D eigenvalue weighted by molar-refractivity contribution is 0.399. The van der Waals surface area contributed by atoms with Crippen LogP contribution in [0, 0.1) is 5.82 Å². The highest BCUT2D eigenvalue weighted by Gasteiger charge is 2.21. The molecule has 0 aliphatic rings. The molecule has 0 radical (unpaired) electrons. The summed E-state index contributed by atoms with van der Waals surface area (Å²) in [5, 5.41) is 3.22. The summed E-state index contributed by atoms with van der Waals surface area (Å²) in [6.45, 7) is 2.65. The van der Waals surface area contributed by atoms with Gasteiger partial charge in [0.15, 0.2) is 0 Å². The van der Waals surface area contributed by atoms with Gasteiger partial charge in [-0.05, 0) is 24.7 Å². The van der Waals surface area contributed by atoms with Crippen LogP contribution in [-0.4, -0.2) is 23.6 Å². The molecule has 4 nitrogen and oxygen atoms in total. The van der Waals surface area contributed by atoms with Crippen molar-refractivity contribution in [3.63, 3.8) is 0 Å². The maximum absolute atomic E-state index is 13.9. The molecule has 0 saturated carbocycles. The first-order chi connectivity index (χ1) is 9.27. The van der Waals surface area contributed by atoms with Gasteiger partial charge in [-0.2, -0.15) is 0 Å². The van der Waals surface area contributed by atoms with Crippen molar-refractivity contribution in [2.24, 2.45) is 0 Å². The van der Waals surface area contributed by atoms with Crippen molar-refractivity contribution in [3.05, 3.63) is 53.9 Å². The molecule has 0 saturated heterocycles. The fourth-order valence-corrected chi connectivity index (χ4v) is 1.97. The number of rotatable bonds is 5. The lowest BCUT2D eigenvalue weighted by atomic mass is 10.0. The standard InChI is InChI=1S/C14H16FN3O/c1-3-17-13(10-6-8-16-9-11(10)15)14-12(19-2)5-4-7-18-14/h4-9,13,17H,3H2,1-2H3. The summed E-state index contributed by atoms with van der Waals surface area (Å²) < 4.78 is 19.2. The van der Waals surface area contributed by atoms with Gasteiger partial charge in [0.25, 0.3) is 0 Å². The third-order valence-corrected chi connectivity index (χ3v) is 2.82. The normalized spacial score (nSPS) is 12.2.